The van der Waals surface area contributed by atoms with Gasteiger partial charge in [0.15, 0.2) is 0 Å². The molecule has 0 saturated carbocycles. The van der Waals surface area contributed by atoms with Crippen LogP contribution in [0.3, 0.4) is 0 Å². The Morgan fingerprint density at radius 1 is 1.28 bits per heavy atom. The Morgan fingerprint density at radius 2 is 1.89 bits per heavy atom. The minimum absolute atomic E-state index is 0.303. The molecule has 0 heterocycles. The predicted molar refractivity (Wildman–Crippen MR) is 65.9 cm³/mol. The van der Waals surface area contributed by atoms with E-state index >= 15 is 0 Å². The zero-order valence-corrected chi connectivity index (χ0v) is 10.9. The fourth-order valence-corrected chi connectivity index (χ4v) is 2.17. The zero-order valence-electron chi connectivity index (χ0n) is 10.1. The summed E-state index contributed by atoms with van der Waals surface area (Å²) in [6, 6.07) is 2.38. The van der Waals surface area contributed by atoms with Gasteiger partial charge in [0, 0.05) is 11.8 Å². The summed E-state index contributed by atoms with van der Waals surface area (Å²) in [5.41, 5.74) is 4.84. The summed E-state index contributed by atoms with van der Waals surface area (Å²) >= 11 is 1.55. The van der Waals surface area contributed by atoms with E-state index in [0.717, 1.165) is 12.1 Å². The lowest BCUT2D eigenvalue weighted by molar-refractivity contribution is -0.140. The van der Waals surface area contributed by atoms with E-state index in [9.17, 15) is 17.6 Å². The van der Waals surface area contributed by atoms with Gasteiger partial charge < -0.3 is 5.73 Å². The monoisotopic (exact) mass is 281 g/mol. The summed E-state index contributed by atoms with van der Waals surface area (Å²) in [5, 5.41) is 0.346. The minimum Gasteiger partial charge on any atom is -0.323 e. The predicted octanol–water partition coefficient (Wildman–Crippen LogP) is 3.99. The molecule has 0 aromatic heterocycles. The van der Waals surface area contributed by atoms with Crippen LogP contribution in [0.5, 0.6) is 0 Å². The summed E-state index contributed by atoms with van der Waals surface area (Å²) in [7, 11) is 0. The molecular weight excluding hydrogens is 266 g/mol. The van der Waals surface area contributed by atoms with Crippen LogP contribution in [0.25, 0.3) is 0 Å². The van der Waals surface area contributed by atoms with Crippen LogP contribution in [-0.4, -0.2) is 11.0 Å². The molecule has 2 N–H and O–H groups in total. The van der Waals surface area contributed by atoms with Gasteiger partial charge in [0.1, 0.15) is 5.82 Å². The highest BCUT2D eigenvalue weighted by Gasteiger charge is 2.34. The standard InChI is InChI=1S/C12H15F4NS/c1-7(2)18-6-11(17)8-3-4-10(13)9(5-8)12(14,15)16/h3-5,7,11H,6,17H2,1-2H3. The van der Waals surface area contributed by atoms with Crippen molar-refractivity contribution in [2.75, 3.05) is 5.75 Å². The average Bonchev–Trinajstić information content (AvgIpc) is 2.24. The molecule has 0 saturated heterocycles. The second-order valence-electron chi connectivity index (χ2n) is 4.23. The molecule has 0 fully saturated rings. The summed E-state index contributed by atoms with van der Waals surface area (Å²) < 4.78 is 50.6. The molecule has 0 bridgehead atoms. The van der Waals surface area contributed by atoms with Crippen molar-refractivity contribution in [3.63, 3.8) is 0 Å². The first-order valence-electron chi connectivity index (χ1n) is 5.45. The van der Waals surface area contributed by atoms with Gasteiger partial charge >= 0.3 is 6.18 Å². The van der Waals surface area contributed by atoms with Crippen LogP contribution in [-0.2, 0) is 6.18 Å². The van der Waals surface area contributed by atoms with Crippen LogP contribution >= 0.6 is 11.8 Å². The third-order valence-corrected chi connectivity index (χ3v) is 3.55. The molecule has 0 spiro atoms. The third kappa shape index (κ3) is 4.17. The molecule has 0 aliphatic heterocycles. The van der Waals surface area contributed by atoms with Crippen molar-refractivity contribution in [3.05, 3.63) is 35.1 Å². The van der Waals surface area contributed by atoms with E-state index in [0.29, 0.717) is 16.6 Å². The molecule has 0 radical (unpaired) electrons. The fraction of sp³-hybridized carbons (Fsp3) is 0.500. The maximum Gasteiger partial charge on any atom is 0.419 e. The summed E-state index contributed by atoms with van der Waals surface area (Å²) in [6.07, 6.45) is -4.69. The molecule has 6 heteroatoms. The maximum atomic E-state index is 13.1. The number of nitrogens with two attached hydrogens (primary N) is 1. The van der Waals surface area contributed by atoms with Crippen LogP contribution < -0.4 is 5.73 Å². The van der Waals surface area contributed by atoms with E-state index < -0.39 is 23.6 Å². The van der Waals surface area contributed by atoms with Crippen molar-refractivity contribution in [1.29, 1.82) is 0 Å². The van der Waals surface area contributed by atoms with E-state index in [2.05, 4.69) is 0 Å². The summed E-state index contributed by atoms with van der Waals surface area (Å²) in [5.74, 6) is -0.768. The van der Waals surface area contributed by atoms with Crippen molar-refractivity contribution >= 4 is 11.8 Å². The highest BCUT2D eigenvalue weighted by molar-refractivity contribution is 7.99. The van der Waals surface area contributed by atoms with Gasteiger partial charge in [-0.1, -0.05) is 19.9 Å². The summed E-state index contributed by atoms with van der Waals surface area (Å²) in [4.78, 5) is 0. The second-order valence-corrected chi connectivity index (χ2v) is 5.84. The van der Waals surface area contributed by atoms with Gasteiger partial charge in [0.2, 0.25) is 0 Å². The number of alkyl halides is 3. The highest BCUT2D eigenvalue weighted by Crippen LogP contribution is 2.33. The van der Waals surface area contributed by atoms with E-state index in [1.165, 1.54) is 6.07 Å². The Bertz CT molecular complexity index is 404. The number of hydrogen-bond donors (Lipinski definition) is 1. The Kier molecular flexibility index (Phi) is 5.04. The molecule has 0 aliphatic carbocycles. The zero-order chi connectivity index (χ0) is 13.9. The molecule has 0 aliphatic rings. The van der Waals surface area contributed by atoms with Gasteiger partial charge in [-0.3, -0.25) is 0 Å². The number of rotatable bonds is 4. The first-order chi connectivity index (χ1) is 8.21. The first-order valence-corrected chi connectivity index (χ1v) is 6.50. The molecular formula is C12H15F4NS. The lowest BCUT2D eigenvalue weighted by Crippen LogP contribution is -2.16. The Morgan fingerprint density at radius 3 is 2.39 bits per heavy atom. The molecule has 1 rings (SSSR count). The first kappa shape index (κ1) is 15.3. The molecule has 1 aromatic rings. The number of halogens is 4. The molecule has 18 heavy (non-hydrogen) atoms. The average molecular weight is 281 g/mol. The molecule has 1 nitrogen and oxygen atoms in total. The fourth-order valence-electron chi connectivity index (χ4n) is 1.38. The SMILES string of the molecule is CC(C)SCC(N)c1ccc(F)c(C(F)(F)F)c1. The van der Waals surface area contributed by atoms with Crippen molar-refractivity contribution in [2.24, 2.45) is 5.73 Å². The smallest absolute Gasteiger partial charge is 0.323 e. The maximum absolute atomic E-state index is 13.1. The van der Waals surface area contributed by atoms with Gasteiger partial charge in [-0.15, -0.1) is 0 Å². The van der Waals surface area contributed by atoms with Gasteiger partial charge in [-0.05, 0) is 22.9 Å². The molecule has 102 valence electrons. The van der Waals surface area contributed by atoms with Gasteiger partial charge in [-0.2, -0.15) is 24.9 Å². The number of thioether (sulfide) groups is 1. The van der Waals surface area contributed by atoms with Gasteiger partial charge in [-0.25, -0.2) is 4.39 Å². The highest BCUT2D eigenvalue weighted by atomic mass is 32.2. The van der Waals surface area contributed by atoms with Gasteiger partial charge in [0.25, 0.3) is 0 Å². The Labute approximate surface area is 108 Å². The Balaban J connectivity index is 2.91. The second kappa shape index (κ2) is 5.93. The molecule has 1 unspecified atom stereocenters. The molecule has 1 aromatic carbocycles. The Hall–Kier alpha value is -0.750. The van der Waals surface area contributed by atoms with Crippen LogP contribution in [0.15, 0.2) is 18.2 Å². The van der Waals surface area contributed by atoms with Crippen LogP contribution in [0.2, 0.25) is 0 Å². The van der Waals surface area contributed by atoms with E-state index in [-0.39, 0.29) is 0 Å². The third-order valence-electron chi connectivity index (χ3n) is 2.33. The molecule has 0 amide bonds. The number of hydrogen-bond acceptors (Lipinski definition) is 2. The largest absolute Gasteiger partial charge is 0.419 e. The minimum atomic E-state index is -4.69. The van der Waals surface area contributed by atoms with Crippen LogP contribution in [0, 0.1) is 5.82 Å². The van der Waals surface area contributed by atoms with Crippen LogP contribution in [0.1, 0.15) is 31.0 Å². The van der Waals surface area contributed by atoms with Gasteiger partial charge in [0.05, 0.1) is 5.56 Å². The lowest BCUT2D eigenvalue weighted by atomic mass is 10.0. The van der Waals surface area contributed by atoms with Crippen LogP contribution in [0.4, 0.5) is 17.6 Å². The van der Waals surface area contributed by atoms with Crippen molar-refractivity contribution in [1.82, 2.24) is 0 Å². The van der Waals surface area contributed by atoms with E-state index in [1.54, 1.807) is 11.8 Å². The molecule has 1 atom stereocenters. The lowest BCUT2D eigenvalue weighted by Gasteiger charge is -2.16. The van der Waals surface area contributed by atoms with Crippen molar-refractivity contribution in [2.45, 2.75) is 31.3 Å². The summed E-state index contributed by atoms with van der Waals surface area (Å²) in [6.45, 7) is 3.95. The van der Waals surface area contributed by atoms with E-state index in [1.807, 2.05) is 13.8 Å². The number of benzene rings is 1. The van der Waals surface area contributed by atoms with E-state index in [4.69, 9.17) is 5.73 Å². The van der Waals surface area contributed by atoms with Crippen molar-refractivity contribution < 1.29 is 17.6 Å². The topological polar surface area (TPSA) is 26.0 Å². The quantitative estimate of drug-likeness (QED) is 0.845. The van der Waals surface area contributed by atoms with Crippen molar-refractivity contribution in [3.8, 4) is 0 Å². The normalized spacial score (nSPS) is 14.0.